The molecule has 2 rings (SSSR count). The minimum Gasteiger partial charge on any atom is -0.492 e. The Bertz CT molecular complexity index is 491. The van der Waals surface area contributed by atoms with Gasteiger partial charge in [-0.25, -0.2) is 4.79 Å². The number of aromatic carboxylic acids is 1. The quantitative estimate of drug-likeness (QED) is 0.691. The zero-order valence-electron chi connectivity index (χ0n) is 7.64. The van der Waals surface area contributed by atoms with Crippen LogP contribution in [0.5, 0.6) is 5.88 Å². The van der Waals surface area contributed by atoms with Crippen molar-refractivity contribution < 1.29 is 15.0 Å². The molecule has 0 aliphatic rings. The number of nitrogens with zero attached hydrogens (tertiary/aromatic N) is 1. The average Bonchev–Trinajstić information content (AvgIpc) is 2.62. The smallest absolute Gasteiger partial charge is 0.358 e. The lowest BCUT2D eigenvalue weighted by molar-refractivity contribution is 0.0687. The Kier molecular flexibility index (Phi) is 2.13. The van der Waals surface area contributed by atoms with Crippen molar-refractivity contribution in [1.82, 2.24) is 9.97 Å². The Morgan fingerprint density at radius 3 is 2.47 bits per heavy atom. The van der Waals surface area contributed by atoms with Gasteiger partial charge in [0, 0.05) is 5.56 Å². The highest BCUT2D eigenvalue weighted by atomic mass is 16.4. The molecule has 0 radical (unpaired) electrons. The lowest BCUT2D eigenvalue weighted by Gasteiger charge is -1.93. The predicted molar refractivity (Wildman–Crippen MR) is 52.6 cm³/mol. The first-order chi connectivity index (χ1) is 7.18. The van der Waals surface area contributed by atoms with Crippen LogP contribution >= 0.6 is 0 Å². The highest BCUT2D eigenvalue weighted by Gasteiger charge is 2.15. The van der Waals surface area contributed by atoms with Gasteiger partial charge in [0.25, 0.3) is 0 Å². The van der Waals surface area contributed by atoms with Gasteiger partial charge < -0.3 is 15.2 Å². The van der Waals surface area contributed by atoms with Gasteiger partial charge in [-0.2, -0.15) is 4.98 Å². The van der Waals surface area contributed by atoms with E-state index < -0.39 is 11.8 Å². The van der Waals surface area contributed by atoms with E-state index in [2.05, 4.69) is 9.97 Å². The Labute approximate surface area is 85.0 Å². The molecule has 0 fully saturated rings. The number of hydrogen-bond donors (Lipinski definition) is 3. The Balaban J connectivity index is 2.48. The number of nitrogens with one attached hydrogen (secondary N) is 1. The first-order valence-corrected chi connectivity index (χ1v) is 4.26. The van der Waals surface area contributed by atoms with E-state index in [0.29, 0.717) is 5.82 Å². The normalized spacial score (nSPS) is 10.1. The topological polar surface area (TPSA) is 86.2 Å². The predicted octanol–water partition coefficient (Wildman–Crippen LogP) is 1.48. The van der Waals surface area contributed by atoms with Gasteiger partial charge in [0.2, 0.25) is 5.88 Å². The summed E-state index contributed by atoms with van der Waals surface area (Å²) in [6.07, 6.45) is 0. The van der Waals surface area contributed by atoms with Crippen LogP contribution in [-0.2, 0) is 0 Å². The lowest BCUT2D eigenvalue weighted by Crippen LogP contribution is -1.96. The maximum absolute atomic E-state index is 10.6. The Morgan fingerprint density at radius 1 is 1.27 bits per heavy atom. The van der Waals surface area contributed by atoms with E-state index in [4.69, 9.17) is 5.11 Å². The molecule has 0 amide bonds. The van der Waals surface area contributed by atoms with Crippen LogP contribution in [0.2, 0.25) is 0 Å². The summed E-state index contributed by atoms with van der Waals surface area (Å²) in [4.78, 5) is 16.9. The molecule has 0 aliphatic heterocycles. The van der Waals surface area contributed by atoms with Crippen LogP contribution in [0.1, 0.15) is 10.5 Å². The zero-order valence-corrected chi connectivity index (χ0v) is 7.64. The molecule has 0 saturated heterocycles. The van der Waals surface area contributed by atoms with Gasteiger partial charge in [0.15, 0.2) is 5.69 Å². The third-order valence-corrected chi connectivity index (χ3v) is 1.95. The van der Waals surface area contributed by atoms with Crippen LogP contribution in [-0.4, -0.2) is 26.2 Å². The maximum atomic E-state index is 10.6. The van der Waals surface area contributed by atoms with E-state index in [-0.39, 0.29) is 5.69 Å². The largest absolute Gasteiger partial charge is 0.492 e. The summed E-state index contributed by atoms with van der Waals surface area (Å²) in [5, 5.41) is 17.9. The molecule has 3 N–H and O–H groups in total. The first kappa shape index (κ1) is 9.26. The highest BCUT2D eigenvalue weighted by molar-refractivity contribution is 5.88. The van der Waals surface area contributed by atoms with Crippen LogP contribution in [0.4, 0.5) is 0 Å². The molecule has 0 aliphatic carbocycles. The van der Waals surface area contributed by atoms with Gasteiger partial charge in [0.05, 0.1) is 0 Å². The first-order valence-electron chi connectivity index (χ1n) is 4.26. The third-order valence-electron chi connectivity index (χ3n) is 1.95. The van der Waals surface area contributed by atoms with Gasteiger partial charge in [-0.15, -0.1) is 0 Å². The summed E-state index contributed by atoms with van der Waals surface area (Å²) in [6.45, 7) is 0. The number of hydrogen-bond acceptors (Lipinski definition) is 3. The molecular weight excluding hydrogens is 196 g/mol. The molecule has 0 saturated carbocycles. The van der Waals surface area contributed by atoms with Crippen LogP contribution in [0.15, 0.2) is 30.3 Å². The van der Waals surface area contributed by atoms with Crippen molar-refractivity contribution in [1.29, 1.82) is 0 Å². The van der Waals surface area contributed by atoms with E-state index in [0.717, 1.165) is 5.56 Å². The van der Waals surface area contributed by atoms with E-state index >= 15 is 0 Å². The monoisotopic (exact) mass is 204 g/mol. The minimum absolute atomic E-state index is 0.297. The summed E-state index contributed by atoms with van der Waals surface area (Å²) in [7, 11) is 0. The molecule has 5 heteroatoms. The van der Waals surface area contributed by atoms with Crippen molar-refractivity contribution in [2.45, 2.75) is 0 Å². The number of aromatic hydroxyl groups is 1. The van der Waals surface area contributed by atoms with Crippen molar-refractivity contribution in [3.05, 3.63) is 36.0 Å². The molecule has 0 unspecified atom stereocenters. The van der Waals surface area contributed by atoms with Gasteiger partial charge in [0.1, 0.15) is 5.82 Å². The van der Waals surface area contributed by atoms with Crippen molar-refractivity contribution in [3.8, 4) is 17.3 Å². The Hall–Kier alpha value is -2.30. The van der Waals surface area contributed by atoms with E-state index in [1.54, 1.807) is 24.3 Å². The number of carbonyl (C=O) groups is 1. The highest BCUT2D eigenvalue weighted by Crippen LogP contribution is 2.21. The molecule has 76 valence electrons. The number of carboxylic acid groups (broad SMARTS) is 1. The van der Waals surface area contributed by atoms with Crippen LogP contribution in [0, 0.1) is 0 Å². The summed E-state index contributed by atoms with van der Waals surface area (Å²) >= 11 is 0. The molecule has 15 heavy (non-hydrogen) atoms. The second-order valence-electron chi connectivity index (χ2n) is 2.96. The summed E-state index contributed by atoms with van der Waals surface area (Å²) in [6, 6.07) is 8.98. The fraction of sp³-hybridized carbons (Fsp3) is 0. The number of aromatic amines is 1. The number of H-pyrrole nitrogens is 1. The van der Waals surface area contributed by atoms with Crippen molar-refractivity contribution >= 4 is 5.97 Å². The minimum atomic E-state index is -1.23. The summed E-state index contributed by atoms with van der Waals surface area (Å²) in [5.41, 5.74) is 0.425. The second kappa shape index (κ2) is 3.45. The van der Waals surface area contributed by atoms with Gasteiger partial charge >= 0.3 is 5.97 Å². The third kappa shape index (κ3) is 1.67. The van der Waals surface area contributed by atoms with Crippen molar-refractivity contribution in [3.63, 3.8) is 0 Å². The molecule has 2 aromatic rings. The average molecular weight is 204 g/mol. The number of rotatable bonds is 2. The van der Waals surface area contributed by atoms with E-state index in [1.165, 1.54) is 0 Å². The molecule has 1 aromatic carbocycles. The molecule has 1 heterocycles. The van der Waals surface area contributed by atoms with Crippen LogP contribution < -0.4 is 0 Å². The maximum Gasteiger partial charge on any atom is 0.358 e. The molecular formula is C10H8N2O3. The SMILES string of the molecule is O=C(O)c1[nH]c(-c2ccccc2)nc1O. The van der Waals surface area contributed by atoms with Crippen LogP contribution in [0.3, 0.4) is 0 Å². The molecule has 0 bridgehead atoms. The zero-order chi connectivity index (χ0) is 10.8. The van der Waals surface area contributed by atoms with Gasteiger partial charge in [-0.05, 0) is 0 Å². The molecule has 0 atom stereocenters. The molecule has 1 aromatic heterocycles. The molecule has 5 nitrogen and oxygen atoms in total. The summed E-state index contributed by atoms with van der Waals surface area (Å²) in [5.74, 6) is -1.39. The van der Waals surface area contributed by atoms with Crippen LogP contribution in [0.25, 0.3) is 11.4 Å². The number of benzene rings is 1. The lowest BCUT2D eigenvalue weighted by atomic mass is 10.2. The van der Waals surface area contributed by atoms with Gasteiger partial charge in [-0.1, -0.05) is 30.3 Å². The van der Waals surface area contributed by atoms with E-state index in [9.17, 15) is 9.90 Å². The van der Waals surface area contributed by atoms with Gasteiger partial charge in [-0.3, -0.25) is 0 Å². The standard InChI is InChI=1S/C10H8N2O3/c13-9-7(10(14)15)11-8(12-9)6-4-2-1-3-5-6/h1-5,13H,(H,11,12)(H,14,15). The number of imidazole rings is 1. The summed E-state index contributed by atoms with van der Waals surface area (Å²) < 4.78 is 0. The molecule has 0 spiro atoms. The number of aromatic nitrogens is 2. The van der Waals surface area contributed by atoms with Crippen molar-refractivity contribution in [2.75, 3.05) is 0 Å². The fourth-order valence-electron chi connectivity index (χ4n) is 1.25. The second-order valence-corrected chi connectivity index (χ2v) is 2.96. The fourth-order valence-corrected chi connectivity index (χ4v) is 1.25. The Morgan fingerprint density at radius 2 is 1.93 bits per heavy atom. The van der Waals surface area contributed by atoms with Crippen molar-refractivity contribution in [2.24, 2.45) is 0 Å². The number of carboxylic acids is 1. The van der Waals surface area contributed by atoms with E-state index in [1.807, 2.05) is 6.07 Å².